The maximum absolute atomic E-state index is 12.6. The lowest BCUT2D eigenvalue weighted by molar-refractivity contribution is -0.139. The average molecular weight is 530 g/mol. The van der Waals surface area contributed by atoms with Crippen LogP contribution in [0.4, 0.5) is 0 Å². The monoisotopic (exact) mass is 529 g/mol. The van der Waals surface area contributed by atoms with Crippen molar-refractivity contribution in [2.24, 2.45) is 0 Å². The minimum absolute atomic E-state index is 0.315. The minimum Gasteiger partial charge on any atom is -0.494 e. The molecule has 0 spiro atoms. The van der Waals surface area contributed by atoms with Gasteiger partial charge >= 0.3 is 11.9 Å². The summed E-state index contributed by atoms with van der Waals surface area (Å²) >= 11 is 0. The molecule has 0 fully saturated rings. The summed E-state index contributed by atoms with van der Waals surface area (Å²) in [6, 6.07) is 18.5. The quantitative estimate of drug-likeness (QED) is 0.0817. The average Bonchev–Trinajstić information content (AvgIpc) is 2.95. The van der Waals surface area contributed by atoms with E-state index in [-0.39, 0.29) is 5.97 Å². The Morgan fingerprint density at radius 1 is 0.795 bits per heavy atom. The Labute approximate surface area is 232 Å². The summed E-state index contributed by atoms with van der Waals surface area (Å²) in [4.78, 5) is 28.4. The second-order valence-electron chi connectivity index (χ2n) is 9.63. The van der Waals surface area contributed by atoms with Crippen LogP contribution < -0.4 is 9.47 Å². The van der Waals surface area contributed by atoms with E-state index in [0.29, 0.717) is 30.1 Å². The number of carbonyl (C=O) groups excluding carboxylic acids is 2. The van der Waals surface area contributed by atoms with Crippen molar-refractivity contribution in [3.63, 3.8) is 0 Å². The van der Waals surface area contributed by atoms with Crippen molar-refractivity contribution in [3.05, 3.63) is 90.1 Å². The van der Waals surface area contributed by atoms with E-state index >= 15 is 0 Å². The number of esters is 2. The molecule has 1 aromatic heterocycles. The van der Waals surface area contributed by atoms with Gasteiger partial charge in [-0.05, 0) is 86.3 Å². The molecule has 3 rings (SSSR count). The van der Waals surface area contributed by atoms with Crippen molar-refractivity contribution in [2.75, 3.05) is 13.2 Å². The zero-order valence-corrected chi connectivity index (χ0v) is 23.1. The van der Waals surface area contributed by atoms with Crippen LogP contribution in [0, 0.1) is 0 Å². The number of aromatic nitrogens is 1. The molecule has 0 unspecified atom stereocenters. The van der Waals surface area contributed by atoms with E-state index in [1.165, 1.54) is 5.56 Å². The van der Waals surface area contributed by atoms with Gasteiger partial charge in [0.05, 0.1) is 24.5 Å². The number of pyridine rings is 1. The lowest BCUT2D eigenvalue weighted by Gasteiger charge is -2.08. The first kappa shape index (κ1) is 29.6. The standard InChI is InChI=1S/C33H39NO5/c1-4-11-26-12-21-31(34-24-26)27-13-19-30(20-14-27)39-33(36)28-15-17-29(18-16-28)37-22-9-7-5-6-8-10-23-38-32(35)25(2)3/h12-21,24H,2,4-11,22-23H2,1,3H3. The van der Waals surface area contributed by atoms with Crippen LogP contribution in [0.2, 0.25) is 0 Å². The highest BCUT2D eigenvalue weighted by atomic mass is 16.5. The molecule has 0 saturated carbocycles. The van der Waals surface area contributed by atoms with Crippen molar-refractivity contribution in [2.45, 2.75) is 65.2 Å². The maximum Gasteiger partial charge on any atom is 0.343 e. The van der Waals surface area contributed by atoms with E-state index in [1.54, 1.807) is 43.3 Å². The molecule has 6 nitrogen and oxygen atoms in total. The maximum atomic E-state index is 12.6. The van der Waals surface area contributed by atoms with Crippen LogP contribution in [0.3, 0.4) is 0 Å². The van der Waals surface area contributed by atoms with Crippen molar-refractivity contribution < 1.29 is 23.8 Å². The van der Waals surface area contributed by atoms with Gasteiger partial charge in [-0.15, -0.1) is 0 Å². The van der Waals surface area contributed by atoms with E-state index in [4.69, 9.17) is 14.2 Å². The Kier molecular flexibility index (Phi) is 12.2. The molecule has 3 aromatic rings. The summed E-state index contributed by atoms with van der Waals surface area (Å²) < 4.78 is 16.4. The summed E-state index contributed by atoms with van der Waals surface area (Å²) in [5.41, 5.74) is 4.00. The van der Waals surface area contributed by atoms with Crippen molar-refractivity contribution in [1.82, 2.24) is 4.98 Å². The number of nitrogens with zero attached hydrogens (tertiary/aromatic N) is 1. The predicted octanol–water partition coefficient (Wildman–Crippen LogP) is 7.76. The number of aryl methyl sites for hydroxylation is 1. The van der Waals surface area contributed by atoms with Gasteiger partial charge in [-0.2, -0.15) is 0 Å². The topological polar surface area (TPSA) is 74.7 Å². The van der Waals surface area contributed by atoms with Gasteiger partial charge in [-0.3, -0.25) is 4.98 Å². The van der Waals surface area contributed by atoms with Crippen LogP contribution in [-0.4, -0.2) is 30.1 Å². The van der Waals surface area contributed by atoms with Gasteiger partial charge in [0.2, 0.25) is 0 Å². The fourth-order valence-electron chi connectivity index (χ4n) is 3.97. The van der Waals surface area contributed by atoms with Gasteiger partial charge in [-0.1, -0.05) is 51.7 Å². The van der Waals surface area contributed by atoms with Gasteiger partial charge in [0.15, 0.2) is 0 Å². The molecule has 0 amide bonds. The third-order valence-corrected chi connectivity index (χ3v) is 6.20. The zero-order chi connectivity index (χ0) is 27.9. The summed E-state index contributed by atoms with van der Waals surface area (Å²) in [6.07, 6.45) is 10.2. The fraction of sp³-hybridized carbons (Fsp3) is 0.364. The molecule has 0 bridgehead atoms. The molecule has 0 atom stereocenters. The Morgan fingerprint density at radius 2 is 1.44 bits per heavy atom. The zero-order valence-electron chi connectivity index (χ0n) is 23.1. The second kappa shape index (κ2) is 16.1. The Morgan fingerprint density at radius 3 is 2.05 bits per heavy atom. The third kappa shape index (κ3) is 10.4. The number of hydrogen-bond acceptors (Lipinski definition) is 6. The van der Waals surface area contributed by atoms with Crippen LogP contribution in [0.15, 0.2) is 79.0 Å². The summed E-state index contributed by atoms with van der Waals surface area (Å²) in [5, 5.41) is 0. The van der Waals surface area contributed by atoms with Crippen LogP contribution in [-0.2, 0) is 16.0 Å². The summed E-state index contributed by atoms with van der Waals surface area (Å²) in [6.45, 7) is 8.46. The Hall–Kier alpha value is -3.93. The molecule has 0 radical (unpaired) electrons. The molecule has 6 heteroatoms. The van der Waals surface area contributed by atoms with E-state index in [9.17, 15) is 9.59 Å². The van der Waals surface area contributed by atoms with Gasteiger partial charge in [0, 0.05) is 17.3 Å². The molecule has 2 aromatic carbocycles. The molecule has 0 saturated heterocycles. The smallest absolute Gasteiger partial charge is 0.343 e. The highest BCUT2D eigenvalue weighted by molar-refractivity contribution is 5.91. The van der Waals surface area contributed by atoms with E-state index < -0.39 is 5.97 Å². The van der Waals surface area contributed by atoms with Crippen LogP contribution in [0.1, 0.15) is 74.7 Å². The first-order chi connectivity index (χ1) is 19.0. The number of unbranched alkanes of at least 4 members (excludes halogenated alkanes) is 5. The molecule has 39 heavy (non-hydrogen) atoms. The molecule has 1 heterocycles. The number of benzene rings is 2. The van der Waals surface area contributed by atoms with Crippen molar-refractivity contribution >= 4 is 11.9 Å². The first-order valence-electron chi connectivity index (χ1n) is 13.8. The molecule has 0 aliphatic carbocycles. The number of carbonyl (C=O) groups is 2. The minimum atomic E-state index is -0.411. The van der Waals surface area contributed by atoms with Crippen LogP contribution in [0.5, 0.6) is 11.5 Å². The second-order valence-corrected chi connectivity index (χ2v) is 9.63. The predicted molar refractivity (Wildman–Crippen MR) is 154 cm³/mol. The number of rotatable bonds is 16. The van der Waals surface area contributed by atoms with Crippen LogP contribution >= 0.6 is 0 Å². The van der Waals surface area contributed by atoms with Gasteiger partial charge in [0.1, 0.15) is 11.5 Å². The summed E-state index contributed by atoms with van der Waals surface area (Å²) in [7, 11) is 0. The number of hydrogen-bond donors (Lipinski definition) is 0. The Balaban J connectivity index is 1.32. The van der Waals surface area contributed by atoms with Crippen LogP contribution in [0.25, 0.3) is 11.3 Å². The SMILES string of the molecule is C=C(C)C(=O)OCCCCCCCCOc1ccc(C(=O)Oc2ccc(-c3ccc(CCC)cn3)cc2)cc1. The first-order valence-corrected chi connectivity index (χ1v) is 13.8. The van der Waals surface area contributed by atoms with Gasteiger partial charge in [-0.25, -0.2) is 9.59 Å². The van der Waals surface area contributed by atoms with Gasteiger partial charge < -0.3 is 14.2 Å². The van der Waals surface area contributed by atoms with E-state index in [2.05, 4.69) is 24.6 Å². The lowest BCUT2D eigenvalue weighted by Crippen LogP contribution is -2.08. The molecule has 0 N–H and O–H groups in total. The largest absolute Gasteiger partial charge is 0.494 e. The van der Waals surface area contributed by atoms with Gasteiger partial charge in [0.25, 0.3) is 0 Å². The normalized spacial score (nSPS) is 10.6. The van der Waals surface area contributed by atoms with E-state index in [1.807, 2.05) is 24.4 Å². The highest BCUT2D eigenvalue weighted by Crippen LogP contribution is 2.22. The lowest BCUT2D eigenvalue weighted by atomic mass is 10.1. The molecular weight excluding hydrogens is 490 g/mol. The summed E-state index contributed by atoms with van der Waals surface area (Å²) in [5.74, 6) is 0.488. The third-order valence-electron chi connectivity index (χ3n) is 6.20. The van der Waals surface area contributed by atoms with Crippen molar-refractivity contribution in [3.8, 4) is 22.8 Å². The molecule has 0 aliphatic heterocycles. The molecule has 0 aliphatic rings. The fourth-order valence-corrected chi connectivity index (χ4v) is 3.97. The van der Waals surface area contributed by atoms with Crippen molar-refractivity contribution in [1.29, 1.82) is 0 Å². The molecular formula is C33H39NO5. The highest BCUT2D eigenvalue weighted by Gasteiger charge is 2.10. The van der Waals surface area contributed by atoms with E-state index in [0.717, 1.165) is 68.4 Å². The molecule has 206 valence electrons. The number of ether oxygens (including phenoxy) is 3. The Bertz CT molecular complexity index is 1180.